The number of hydrogen-bond acceptors (Lipinski definition) is 4. The maximum Gasteiger partial charge on any atom is 0.358 e. The molecule has 1 amide bonds. The van der Waals surface area contributed by atoms with Gasteiger partial charge in [0.25, 0.3) is 0 Å². The van der Waals surface area contributed by atoms with Crippen molar-refractivity contribution < 1.29 is 9.18 Å². The number of aromatic nitrogens is 2. The van der Waals surface area contributed by atoms with E-state index in [-0.39, 0.29) is 5.82 Å². The van der Waals surface area contributed by atoms with E-state index in [1.54, 1.807) is 19.0 Å². The second-order valence-electron chi connectivity index (χ2n) is 4.01. The first-order chi connectivity index (χ1) is 8.95. The van der Waals surface area contributed by atoms with Gasteiger partial charge in [-0.25, -0.2) is 23.5 Å². The summed E-state index contributed by atoms with van der Waals surface area (Å²) < 4.78 is 14.2. The van der Waals surface area contributed by atoms with Gasteiger partial charge in [-0.3, -0.25) is 0 Å². The van der Waals surface area contributed by atoms with Crippen LogP contribution in [0, 0.1) is 5.82 Å². The maximum absolute atomic E-state index is 13.6. The third-order valence-electron chi connectivity index (χ3n) is 2.02. The third kappa shape index (κ3) is 4.16. The third-order valence-corrected chi connectivity index (χ3v) is 2.02. The topological polar surface area (TPSA) is 79.6 Å². The minimum Gasteiger partial charge on any atom is -0.369 e. The molecule has 0 aliphatic heterocycles. The monoisotopic (exact) mass is 269 g/mol. The Hall–Kier alpha value is -2.25. The Morgan fingerprint density at radius 1 is 1.63 bits per heavy atom. The van der Waals surface area contributed by atoms with E-state index in [0.717, 1.165) is 6.20 Å². The van der Waals surface area contributed by atoms with Crippen molar-refractivity contribution in [3.05, 3.63) is 22.5 Å². The number of nitrogens with zero attached hydrogens (tertiary/aromatic N) is 4. The molecule has 0 radical (unpaired) electrons. The molecular formula is C11H16FN5O2. The molecule has 0 bridgehead atoms. The van der Waals surface area contributed by atoms with Crippen LogP contribution in [0.4, 0.5) is 15.0 Å². The second-order valence-corrected chi connectivity index (χ2v) is 4.01. The minimum atomic E-state index is -0.874. The lowest BCUT2D eigenvalue weighted by molar-refractivity contribution is 0.241. The van der Waals surface area contributed by atoms with Crippen LogP contribution in [0.15, 0.2) is 16.0 Å². The van der Waals surface area contributed by atoms with Crippen molar-refractivity contribution in [2.45, 2.75) is 13.3 Å². The average molecular weight is 269 g/mol. The molecule has 0 spiro atoms. The molecule has 104 valence electrons. The summed E-state index contributed by atoms with van der Waals surface area (Å²) in [5.74, 6) is -1.19. The van der Waals surface area contributed by atoms with E-state index < -0.39 is 17.5 Å². The first-order valence-electron chi connectivity index (χ1n) is 5.73. The molecule has 0 saturated carbocycles. The highest BCUT2D eigenvalue weighted by Crippen LogP contribution is 2.09. The molecule has 0 aromatic carbocycles. The highest BCUT2D eigenvalue weighted by atomic mass is 19.1. The zero-order valence-corrected chi connectivity index (χ0v) is 11.1. The summed E-state index contributed by atoms with van der Waals surface area (Å²) in [5.41, 5.74) is -0.874. The van der Waals surface area contributed by atoms with Gasteiger partial charge >= 0.3 is 11.7 Å². The molecular weight excluding hydrogens is 253 g/mol. The van der Waals surface area contributed by atoms with Crippen molar-refractivity contribution >= 4 is 18.2 Å². The van der Waals surface area contributed by atoms with Crippen LogP contribution in [-0.4, -0.2) is 47.5 Å². The number of nitrogens with one attached hydrogen (secondary N) is 1. The fourth-order valence-corrected chi connectivity index (χ4v) is 1.15. The number of halogens is 1. The van der Waals surface area contributed by atoms with Crippen LogP contribution in [0.2, 0.25) is 0 Å². The zero-order chi connectivity index (χ0) is 14.4. The van der Waals surface area contributed by atoms with Crippen LogP contribution in [0.3, 0.4) is 0 Å². The van der Waals surface area contributed by atoms with Gasteiger partial charge in [0, 0.05) is 20.6 Å². The summed E-state index contributed by atoms with van der Waals surface area (Å²) in [7, 11) is 3.39. The van der Waals surface area contributed by atoms with Crippen molar-refractivity contribution in [3.63, 3.8) is 0 Å². The summed E-state index contributed by atoms with van der Waals surface area (Å²) in [4.78, 5) is 31.8. The molecule has 1 heterocycles. The molecule has 0 saturated heterocycles. The van der Waals surface area contributed by atoms with Crippen LogP contribution in [0.25, 0.3) is 0 Å². The van der Waals surface area contributed by atoms with Gasteiger partial charge in [-0.05, 0) is 6.42 Å². The highest BCUT2D eigenvalue weighted by molar-refractivity contribution is 5.76. The van der Waals surface area contributed by atoms with E-state index >= 15 is 0 Å². The van der Waals surface area contributed by atoms with Gasteiger partial charge in [-0.15, -0.1) is 0 Å². The largest absolute Gasteiger partial charge is 0.369 e. The lowest BCUT2D eigenvalue weighted by Crippen LogP contribution is -2.37. The van der Waals surface area contributed by atoms with Crippen molar-refractivity contribution in [2.24, 2.45) is 4.99 Å². The fourth-order valence-electron chi connectivity index (χ4n) is 1.15. The van der Waals surface area contributed by atoms with E-state index in [1.165, 1.54) is 6.34 Å². The van der Waals surface area contributed by atoms with E-state index in [1.807, 2.05) is 6.92 Å². The van der Waals surface area contributed by atoms with Crippen LogP contribution in [0.1, 0.15) is 13.3 Å². The SMILES string of the molecule is CCCNC(=O)n1cc(F)c(N=CN(C)C)nc1=O. The molecule has 0 atom stereocenters. The van der Waals surface area contributed by atoms with Crippen molar-refractivity contribution in [1.29, 1.82) is 0 Å². The lowest BCUT2D eigenvalue weighted by Gasteiger charge is -2.06. The van der Waals surface area contributed by atoms with E-state index in [0.29, 0.717) is 17.5 Å². The smallest absolute Gasteiger partial charge is 0.358 e. The van der Waals surface area contributed by atoms with Crippen molar-refractivity contribution in [3.8, 4) is 0 Å². The Bertz CT molecular complexity index is 538. The van der Waals surface area contributed by atoms with Crippen LogP contribution in [-0.2, 0) is 0 Å². The molecule has 19 heavy (non-hydrogen) atoms. The van der Waals surface area contributed by atoms with Crippen LogP contribution in [0.5, 0.6) is 0 Å². The number of hydrogen-bond donors (Lipinski definition) is 1. The molecule has 0 aliphatic carbocycles. The van der Waals surface area contributed by atoms with Crippen molar-refractivity contribution in [2.75, 3.05) is 20.6 Å². The van der Waals surface area contributed by atoms with Gasteiger partial charge in [0.1, 0.15) is 0 Å². The van der Waals surface area contributed by atoms with Gasteiger partial charge in [-0.2, -0.15) is 4.98 Å². The second kappa shape index (κ2) is 6.62. The van der Waals surface area contributed by atoms with Crippen LogP contribution >= 0.6 is 0 Å². The summed E-state index contributed by atoms with van der Waals surface area (Å²) in [6, 6.07) is -0.707. The molecule has 1 aromatic heterocycles. The Labute approximate surface area is 109 Å². The standard InChI is InChI=1S/C11H16FN5O2/c1-4-5-13-10(18)17-6-8(12)9(15-11(17)19)14-7-16(2)3/h6-7H,4-5H2,1-3H3,(H,13,18). The molecule has 0 aliphatic rings. The van der Waals surface area contributed by atoms with Gasteiger partial charge in [0.15, 0.2) is 11.6 Å². The fraction of sp³-hybridized carbons (Fsp3) is 0.455. The summed E-state index contributed by atoms with van der Waals surface area (Å²) >= 11 is 0. The first kappa shape index (κ1) is 14.8. The molecule has 7 nitrogen and oxygen atoms in total. The Kier molecular flexibility index (Phi) is 5.16. The van der Waals surface area contributed by atoms with Gasteiger partial charge in [-0.1, -0.05) is 6.92 Å². The average Bonchev–Trinajstić information content (AvgIpc) is 2.36. The predicted octanol–water partition coefficient (Wildman–Crippen LogP) is 0.571. The Morgan fingerprint density at radius 2 is 2.32 bits per heavy atom. The van der Waals surface area contributed by atoms with Gasteiger partial charge in [0.05, 0.1) is 12.5 Å². The highest BCUT2D eigenvalue weighted by Gasteiger charge is 2.12. The number of amides is 1. The van der Waals surface area contributed by atoms with Crippen molar-refractivity contribution in [1.82, 2.24) is 19.8 Å². The quantitative estimate of drug-likeness (QED) is 0.640. The lowest BCUT2D eigenvalue weighted by atomic mass is 10.5. The molecule has 1 N–H and O–H groups in total. The Balaban J connectivity index is 3.03. The number of rotatable bonds is 4. The van der Waals surface area contributed by atoms with E-state index in [4.69, 9.17) is 0 Å². The van der Waals surface area contributed by atoms with E-state index in [2.05, 4.69) is 15.3 Å². The van der Waals surface area contributed by atoms with E-state index in [9.17, 15) is 14.0 Å². The number of aliphatic imine (C=N–C) groups is 1. The first-order valence-corrected chi connectivity index (χ1v) is 5.73. The Morgan fingerprint density at radius 3 is 2.89 bits per heavy atom. The van der Waals surface area contributed by atoms with Crippen LogP contribution < -0.4 is 11.0 Å². The van der Waals surface area contributed by atoms with Gasteiger partial charge < -0.3 is 10.2 Å². The number of carbonyl (C=O) groups excluding carboxylic acids is 1. The molecule has 1 rings (SSSR count). The summed E-state index contributed by atoms with van der Waals surface area (Å²) in [6.07, 6.45) is 2.80. The molecule has 8 heteroatoms. The minimum absolute atomic E-state index is 0.349. The molecule has 1 aromatic rings. The normalized spacial score (nSPS) is 10.7. The number of carbonyl (C=O) groups is 1. The summed E-state index contributed by atoms with van der Waals surface area (Å²) in [6.45, 7) is 2.26. The maximum atomic E-state index is 13.6. The molecule has 0 unspecified atom stereocenters. The predicted molar refractivity (Wildman–Crippen MR) is 69.4 cm³/mol. The molecule has 0 fully saturated rings. The summed E-state index contributed by atoms with van der Waals surface area (Å²) in [5, 5.41) is 2.46. The van der Waals surface area contributed by atoms with Gasteiger partial charge in [0.2, 0.25) is 0 Å². The zero-order valence-electron chi connectivity index (χ0n) is 11.1.